The van der Waals surface area contributed by atoms with Crippen molar-refractivity contribution in [3.8, 4) is 5.75 Å². The largest absolute Gasteiger partial charge is 0.490 e. The van der Waals surface area contributed by atoms with E-state index < -0.39 is 18.0 Å². The van der Waals surface area contributed by atoms with Gasteiger partial charge in [0.15, 0.2) is 0 Å². The van der Waals surface area contributed by atoms with Crippen molar-refractivity contribution >= 4 is 23.7 Å². The summed E-state index contributed by atoms with van der Waals surface area (Å²) in [4.78, 5) is 30.3. The lowest BCUT2D eigenvalue weighted by molar-refractivity contribution is -0.134. The fraction of sp³-hybridized carbons (Fsp3) is 0.389. The molecule has 0 spiro atoms. The number of carbonyl (C=O) groups is 3. The Morgan fingerprint density at radius 1 is 1.11 bits per heavy atom. The number of nitrogens with one attached hydrogen (secondary N) is 2. The third-order valence-corrected chi connectivity index (χ3v) is 3.33. The van der Waals surface area contributed by atoms with Crippen molar-refractivity contribution < 1.29 is 34.1 Å². The van der Waals surface area contributed by atoms with Crippen LogP contribution in [0.3, 0.4) is 0 Å². The maximum Gasteiger partial charge on any atom is 0.411 e. The Morgan fingerprint density at radius 3 is 2.15 bits per heavy atom. The van der Waals surface area contributed by atoms with Gasteiger partial charge in [-0.1, -0.05) is 0 Å². The molecule has 0 aliphatic carbocycles. The number of hydrogen-bond donors (Lipinski definition) is 4. The number of carboxylic acid groups (broad SMARTS) is 2. The van der Waals surface area contributed by atoms with Crippen molar-refractivity contribution in [1.29, 1.82) is 0 Å². The molecule has 27 heavy (non-hydrogen) atoms. The molecule has 1 aliphatic heterocycles. The van der Waals surface area contributed by atoms with Crippen LogP contribution in [0.5, 0.6) is 5.75 Å². The van der Waals surface area contributed by atoms with E-state index in [0.29, 0.717) is 24.4 Å². The number of ether oxygens (including phenoxy) is 2. The van der Waals surface area contributed by atoms with E-state index in [1.165, 1.54) is 0 Å². The Morgan fingerprint density at radius 2 is 1.67 bits per heavy atom. The minimum atomic E-state index is -1.26. The van der Waals surface area contributed by atoms with E-state index in [4.69, 9.17) is 19.7 Å². The second-order valence-corrected chi connectivity index (χ2v) is 5.45. The molecule has 0 saturated carbocycles. The fourth-order valence-electron chi connectivity index (χ4n) is 2.15. The highest BCUT2D eigenvalue weighted by atomic mass is 16.5. The molecule has 1 aliphatic rings. The average molecular weight is 380 g/mol. The van der Waals surface area contributed by atoms with E-state index in [1.54, 1.807) is 6.92 Å². The molecule has 9 nitrogen and oxygen atoms in total. The lowest BCUT2D eigenvalue weighted by Gasteiger charge is -2.23. The van der Waals surface area contributed by atoms with Crippen LogP contribution >= 0.6 is 0 Å². The van der Waals surface area contributed by atoms with Crippen LogP contribution in [-0.4, -0.2) is 54.0 Å². The molecule has 0 bridgehead atoms. The molecule has 2 rings (SSSR count). The van der Waals surface area contributed by atoms with E-state index in [0.717, 1.165) is 31.7 Å². The van der Waals surface area contributed by atoms with Gasteiger partial charge in [-0.3, -0.25) is 5.32 Å². The summed E-state index contributed by atoms with van der Waals surface area (Å²) in [6.07, 6.45) is 3.02. The van der Waals surface area contributed by atoms with E-state index >= 15 is 0 Å². The van der Waals surface area contributed by atoms with Crippen molar-refractivity contribution in [2.45, 2.75) is 25.9 Å². The van der Waals surface area contributed by atoms with Gasteiger partial charge in [0, 0.05) is 17.8 Å². The zero-order chi connectivity index (χ0) is 20.1. The first-order valence-electron chi connectivity index (χ1n) is 8.45. The lowest BCUT2D eigenvalue weighted by Crippen LogP contribution is -2.34. The number of aliphatic carboxylic acids is 2. The number of hydrogen-bond acceptors (Lipinski definition) is 6. The summed E-state index contributed by atoms with van der Waals surface area (Å²) in [7, 11) is 0. The Hall–Kier alpha value is -3.07. The summed E-state index contributed by atoms with van der Waals surface area (Å²) in [5.74, 6) is -1.68. The number of carbonyl (C=O) groups excluding carboxylic acids is 1. The van der Waals surface area contributed by atoms with Crippen LogP contribution in [0.1, 0.15) is 19.8 Å². The minimum absolute atomic E-state index is 0.283. The second kappa shape index (κ2) is 12.3. The van der Waals surface area contributed by atoms with Gasteiger partial charge in [0.1, 0.15) is 11.9 Å². The molecule has 1 amide bonds. The molecular weight excluding hydrogens is 356 g/mol. The predicted molar refractivity (Wildman–Crippen MR) is 98.0 cm³/mol. The first-order valence-corrected chi connectivity index (χ1v) is 8.45. The van der Waals surface area contributed by atoms with Gasteiger partial charge in [0.05, 0.1) is 6.61 Å². The van der Waals surface area contributed by atoms with E-state index in [9.17, 15) is 14.4 Å². The fourth-order valence-corrected chi connectivity index (χ4v) is 2.15. The van der Waals surface area contributed by atoms with Crippen molar-refractivity contribution in [2.75, 3.05) is 25.0 Å². The lowest BCUT2D eigenvalue weighted by atomic mass is 10.1. The van der Waals surface area contributed by atoms with Crippen LogP contribution < -0.4 is 15.4 Å². The molecule has 1 aromatic rings. The van der Waals surface area contributed by atoms with Gasteiger partial charge in [-0.05, 0) is 57.1 Å². The van der Waals surface area contributed by atoms with Crippen LogP contribution in [0.25, 0.3) is 0 Å². The number of rotatable bonds is 6. The number of anilines is 1. The highest BCUT2D eigenvalue weighted by Crippen LogP contribution is 2.19. The van der Waals surface area contributed by atoms with Crippen molar-refractivity contribution in [3.63, 3.8) is 0 Å². The quantitative estimate of drug-likeness (QED) is 0.551. The number of benzene rings is 1. The summed E-state index contributed by atoms with van der Waals surface area (Å²) in [6, 6.07) is 7.36. The molecule has 1 heterocycles. The standard InChI is InChI=1S/C14H20N2O3.C4H4O4/c1-2-18-14(17)16-11-3-5-12(6-4-11)19-13-7-9-15-10-8-13;5-3(6)1-2-4(7)8/h3-6,13,15H,2,7-10H2,1H3,(H,16,17);1-2H,(H,5,6)(H,7,8). The first kappa shape index (κ1) is 22.0. The van der Waals surface area contributed by atoms with Gasteiger partial charge in [-0.15, -0.1) is 0 Å². The van der Waals surface area contributed by atoms with Gasteiger partial charge in [0.25, 0.3) is 0 Å². The topological polar surface area (TPSA) is 134 Å². The molecule has 1 aromatic carbocycles. The molecule has 1 fully saturated rings. The number of piperidine rings is 1. The molecule has 0 atom stereocenters. The second-order valence-electron chi connectivity index (χ2n) is 5.45. The van der Waals surface area contributed by atoms with Gasteiger partial charge in [-0.2, -0.15) is 0 Å². The number of amides is 1. The monoisotopic (exact) mass is 380 g/mol. The average Bonchev–Trinajstić information content (AvgIpc) is 2.63. The zero-order valence-electron chi connectivity index (χ0n) is 15.0. The third-order valence-electron chi connectivity index (χ3n) is 3.33. The molecule has 9 heteroatoms. The maximum atomic E-state index is 11.2. The zero-order valence-corrected chi connectivity index (χ0v) is 15.0. The van der Waals surface area contributed by atoms with Crippen LogP contribution in [0.4, 0.5) is 10.5 Å². The van der Waals surface area contributed by atoms with E-state index in [1.807, 2.05) is 24.3 Å². The van der Waals surface area contributed by atoms with E-state index in [2.05, 4.69) is 10.6 Å². The summed E-state index contributed by atoms with van der Waals surface area (Å²) < 4.78 is 10.7. The molecule has 1 saturated heterocycles. The van der Waals surface area contributed by atoms with Crippen LogP contribution in [0.15, 0.2) is 36.4 Å². The number of carboxylic acids is 2. The minimum Gasteiger partial charge on any atom is -0.490 e. The highest BCUT2D eigenvalue weighted by Gasteiger charge is 2.14. The summed E-state index contributed by atoms with van der Waals surface area (Å²) in [5, 5.41) is 21.6. The molecular formula is C18H24N2O7. The van der Waals surface area contributed by atoms with Gasteiger partial charge in [-0.25, -0.2) is 14.4 Å². The highest BCUT2D eigenvalue weighted by molar-refractivity contribution is 5.89. The van der Waals surface area contributed by atoms with Crippen molar-refractivity contribution in [3.05, 3.63) is 36.4 Å². The molecule has 148 valence electrons. The van der Waals surface area contributed by atoms with Crippen LogP contribution in [0.2, 0.25) is 0 Å². The Kier molecular flexibility index (Phi) is 10.0. The molecule has 4 N–H and O–H groups in total. The Balaban J connectivity index is 0.000000387. The SMILES string of the molecule is CCOC(=O)Nc1ccc(OC2CCNCC2)cc1.O=C(O)C=CC(=O)O. The molecule has 0 unspecified atom stereocenters. The maximum absolute atomic E-state index is 11.2. The van der Waals surface area contributed by atoms with E-state index in [-0.39, 0.29) is 6.10 Å². The summed E-state index contributed by atoms with van der Waals surface area (Å²) >= 11 is 0. The predicted octanol–water partition coefficient (Wildman–Crippen LogP) is 2.10. The first-order chi connectivity index (χ1) is 12.9. The van der Waals surface area contributed by atoms with Crippen molar-refractivity contribution in [1.82, 2.24) is 5.32 Å². The normalized spacial score (nSPS) is 14.0. The van der Waals surface area contributed by atoms with Crippen molar-refractivity contribution in [2.24, 2.45) is 0 Å². The third kappa shape index (κ3) is 10.5. The summed E-state index contributed by atoms with van der Waals surface area (Å²) in [5.41, 5.74) is 0.705. The van der Waals surface area contributed by atoms with Crippen LogP contribution in [-0.2, 0) is 14.3 Å². The van der Waals surface area contributed by atoms with Gasteiger partial charge < -0.3 is 25.0 Å². The van der Waals surface area contributed by atoms with Gasteiger partial charge in [0.2, 0.25) is 0 Å². The van der Waals surface area contributed by atoms with Gasteiger partial charge >= 0.3 is 18.0 Å². The van der Waals surface area contributed by atoms with Crippen LogP contribution in [0, 0.1) is 0 Å². The Bertz CT molecular complexity index is 622. The molecule has 0 aromatic heterocycles. The summed E-state index contributed by atoms with van der Waals surface area (Å²) in [6.45, 7) is 4.15. The smallest absolute Gasteiger partial charge is 0.411 e. The molecule has 0 radical (unpaired) electrons. The Labute approximate surface area is 157 Å².